The Kier molecular flexibility index (Phi) is 4.49. The molecule has 1 heterocycles. The summed E-state index contributed by atoms with van der Waals surface area (Å²) in [6.07, 6.45) is 3.64. The molecule has 0 saturated carbocycles. The van der Waals surface area contributed by atoms with Gasteiger partial charge >= 0.3 is 0 Å². The molecular weight excluding hydrogens is 290 g/mol. The van der Waals surface area contributed by atoms with Gasteiger partial charge in [-0.15, -0.1) is 0 Å². The minimum atomic E-state index is -3.72. The summed E-state index contributed by atoms with van der Waals surface area (Å²) in [5.41, 5.74) is 9.15. The largest absolute Gasteiger partial charge is 0.397 e. The van der Waals surface area contributed by atoms with Crippen LogP contribution in [0.3, 0.4) is 0 Å². The molecule has 0 bridgehead atoms. The first-order chi connectivity index (χ1) is 9.88. The molecule has 0 aliphatic rings. The molecule has 6 N–H and O–H groups in total. The average molecular weight is 309 g/mol. The van der Waals surface area contributed by atoms with E-state index >= 15 is 0 Å². The summed E-state index contributed by atoms with van der Waals surface area (Å²) in [5, 5.41) is 15.1. The molecule has 0 atom stereocenters. The molecular formula is C13H19N5O2S. The number of aryl methyl sites for hydroxylation is 2. The van der Waals surface area contributed by atoms with Crippen molar-refractivity contribution in [3.63, 3.8) is 0 Å². The number of aromatic amines is 1. The molecule has 114 valence electrons. The first-order valence-corrected chi connectivity index (χ1v) is 8.07. The third-order valence-electron chi connectivity index (χ3n) is 3.22. The zero-order valence-electron chi connectivity index (χ0n) is 11.8. The van der Waals surface area contributed by atoms with E-state index in [2.05, 4.69) is 15.5 Å². The molecule has 1 aromatic carbocycles. The molecule has 0 spiro atoms. The fourth-order valence-electron chi connectivity index (χ4n) is 2.01. The van der Waals surface area contributed by atoms with Gasteiger partial charge in [-0.25, -0.2) is 13.6 Å². The lowest BCUT2D eigenvalue weighted by Gasteiger charge is -2.10. The van der Waals surface area contributed by atoms with Crippen LogP contribution in [0.2, 0.25) is 0 Å². The van der Waals surface area contributed by atoms with Crippen LogP contribution >= 0.6 is 0 Å². The first-order valence-electron chi connectivity index (χ1n) is 6.53. The van der Waals surface area contributed by atoms with Gasteiger partial charge in [-0.2, -0.15) is 5.10 Å². The van der Waals surface area contributed by atoms with E-state index in [9.17, 15) is 8.42 Å². The first kappa shape index (κ1) is 15.3. The van der Waals surface area contributed by atoms with E-state index in [-0.39, 0.29) is 4.90 Å². The number of benzene rings is 1. The smallest absolute Gasteiger partial charge is 0.238 e. The number of aromatic nitrogens is 2. The highest BCUT2D eigenvalue weighted by molar-refractivity contribution is 7.89. The minimum Gasteiger partial charge on any atom is -0.397 e. The summed E-state index contributed by atoms with van der Waals surface area (Å²) < 4.78 is 22.4. The molecule has 0 aliphatic heterocycles. The van der Waals surface area contributed by atoms with Gasteiger partial charge in [-0.3, -0.25) is 5.10 Å². The normalized spacial score (nSPS) is 11.5. The number of hydrogen-bond donors (Lipinski definition) is 4. The van der Waals surface area contributed by atoms with Crippen LogP contribution in [0.4, 0.5) is 11.4 Å². The number of nitrogens with two attached hydrogens (primary N) is 2. The Bertz CT molecular complexity index is 724. The van der Waals surface area contributed by atoms with Crippen molar-refractivity contribution in [2.24, 2.45) is 5.14 Å². The summed E-state index contributed by atoms with van der Waals surface area (Å²) in [4.78, 5) is 0.0135. The monoisotopic (exact) mass is 309 g/mol. The molecule has 0 amide bonds. The lowest BCUT2D eigenvalue weighted by atomic mass is 10.1. The van der Waals surface area contributed by atoms with E-state index in [1.807, 2.05) is 13.1 Å². The number of H-pyrrole nitrogens is 1. The maximum atomic E-state index is 11.2. The van der Waals surface area contributed by atoms with Crippen LogP contribution in [0.25, 0.3) is 0 Å². The highest BCUT2D eigenvalue weighted by Crippen LogP contribution is 2.22. The number of nitrogens with one attached hydrogen (secondary N) is 2. The van der Waals surface area contributed by atoms with Crippen molar-refractivity contribution in [3.05, 3.63) is 35.7 Å². The van der Waals surface area contributed by atoms with Crippen molar-refractivity contribution < 1.29 is 8.42 Å². The van der Waals surface area contributed by atoms with Gasteiger partial charge in [0.2, 0.25) is 10.0 Å². The topological polar surface area (TPSA) is 127 Å². The van der Waals surface area contributed by atoms with Crippen molar-refractivity contribution in [2.45, 2.75) is 24.7 Å². The summed E-state index contributed by atoms with van der Waals surface area (Å²) in [6, 6.07) is 4.42. The predicted octanol–water partition coefficient (Wildman–Crippen LogP) is 0.992. The average Bonchev–Trinajstić information content (AvgIpc) is 2.80. The van der Waals surface area contributed by atoms with E-state index in [1.165, 1.54) is 17.7 Å². The van der Waals surface area contributed by atoms with Gasteiger partial charge in [-0.05, 0) is 43.5 Å². The fraction of sp³-hybridized carbons (Fsp3) is 0.308. The summed E-state index contributed by atoms with van der Waals surface area (Å²) >= 11 is 0. The molecule has 8 heteroatoms. The van der Waals surface area contributed by atoms with Gasteiger partial charge < -0.3 is 11.1 Å². The Hall–Kier alpha value is -2.06. The second-order valence-electron chi connectivity index (χ2n) is 4.84. The summed E-state index contributed by atoms with van der Waals surface area (Å²) in [7, 11) is -3.72. The van der Waals surface area contributed by atoms with Gasteiger partial charge in [0.15, 0.2) is 0 Å². The summed E-state index contributed by atoms with van der Waals surface area (Å²) in [5.74, 6) is 0. The fourth-order valence-corrected chi connectivity index (χ4v) is 2.56. The number of hydrogen-bond acceptors (Lipinski definition) is 5. The Morgan fingerprint density at radius 3 is 2.71 bits per heavy atom. The highest BCUT2D eigenvalue weighted by Gasteiger charge is 2.09. The minimum absolute atomic E-state index is 0.0135. The zero-order valence-corrected chi connectivity index (χ0v) is 12.6. The third-order valence-corrected chi connectivity index (χ3v) is 4.14. The molecule has 2 aromatic rings. The Balaban J connectivity index is 1.91. The predicted molar refractivity (Wildman–Crippen MR) is 82.4 cm³/mol. The molecule has 0 saturated heterocycles. The second-order valence-corrected chi connectivity index (χ2v) is 6.41. The lowest BCUT2D eigenvalue weighted by Crippen LogP contribution is -2.13. The van der Waals surface area contributed by atoms with Crippen LogP contribution in [0.5, 0.6) is 0 Å². The van der Waals surface area contributed by atoms with Crippen LogP contribution in [-0.2, 0) is 16.4 Å². The molecule has 1 aromatic heterocycles. The zero-order chi connectivity index (χ0) is 15.5. The van der Waals surface area contributed by atoms with Crippen LogP contribution in [-0.4, -0.2) is 25.2 Å². The van der Waals surface area contributed by atoms with Crippen LogP contribution in [0.1, 0.15) is 17.7 Å². The van der Waals surface area contributed by atoms with Crippen molar-refractivity contribution in [1.82, 2.24) is 10.2 Å². The third kappa shape index (κ3) is 3.96. The van der Waals surface area contributed by atoms with Crippen molar-refractivity contribution in [2.75, 3.05) is 17.6 Å². The van der Waals surface area contributed by atoms with E-state index in [4.69, 9.17) is 10.9 Å². The van der Waals surface area contributed by atoms with Crippen molar-refractivity contribution in [1.29, 1.82) is 0 Å². The number of primary sulfonamides is 1. The standard InChI is InChI=1S/C13H19N5O2S/c1-9-10(8-17-18-9)3-2-6-16-13-5-4-11(7-12(13)14)21(15,19)20/h4-5,7-8,16H,2-3,6,14H2,1H3,(H,17,18)(H2,15,19,20). The van der Waals surface area contributed by atoms with Gasteiger partial charge in [0.1, 0.15) is 0 Å². The number of sulfonamides is 1. The molecule has 2 rings (SSSR count). The highest BCUT2D eigenvalue weighted by atomic mass is 32.2. The van der Waals surface area contributed by atoms with Crippen molar-refractivity contribution in [3.8, 4) is 0 Å². The van der Waals surface area contributed by atoms with Crippen LogP contribution in [0.15, 0.2) is 29.3 Å². The van der Waals surface area contributed by atoms with Gasteiger partial charge in [0, 0.05) is 12.2 Å². The second kappa shape index (κ2) is 6.15. The Morgan fingerprint density at radius 2 is 2.14 bits per heavy atom. The maximum absolute atomic E-state index is 11.2. The van der Waals surface area contributed by atoms with E-state index in [0.717, 1.165) is 25.1 Å². The SMILES string of the molecule is Cc1[nH]ncc1CCCNc1ccc(S(N)(=O)=O)cc1N. The molecule has 0 aliphatic carbocycles. The maximum Gasteiger partial charge on any atom is 0.238 e. The molecule has 7 nitrogen and oxygen atoms in total. The number of rotatable bonds is 6. The Morgan fingerprint density at radius 1 is 1.38 bits per heavy atom. The summed E-state index contributed by atoms with van der Waals surface area (Å²) in [6.45, 7) is 2.71. The van der Waals surface area contributed by atoms with Crippen molar-refractivity contribution >= 4 is 21.4 Å². The van der Waals surface area contributed by atoms with E-state index in [0.29, 0.717) is 11.4 Å². The molecule has 0 fully saturated rings. The van der Waals surface area contributed by atoms with Crippen LogP contribution in [0, 0.1) is 6.92 Å². The molecule has 21 heavy (non-hydrogen) atoms. The number of anilines is 2. The lowest BCUT2D eigenvalue weighted by molar-refractivity contribution is 0.598. The Labute approximate surface area is 123 Å². The number of nitrogens with zero attached hydrogens (tertiary/aromatic N) is 1. The van der Waals surface area contributed by atoms with Gasteiger partial charge in [0.25, 0.3) is 0 Å². The number of nitrogen functional groups attached to an aromatic ring is 1. The van der Waals surface area contributed by atoms with E-state index < -0.39 is 10.0 Å². The van der Waals surface area contributed by atoms with E-state index in [1.54, 1.807) is 6.07 Å². The molecule has 0 radical (unpaired) electrons. The van der Waals surface area contributed by atoms with Gasteiger partial charge in [-0.1, -0.05) is 0 Å². The quantitative estimate of drug-likeness (QED) is 0.467. The van der Waals surface area contributed by atoms with Crippen LogP contribution < -0.4 is 16.2 Å². The molecule has 0 unspecified atom stereocenters. The van der Waals surface area contributed by atoms with Gasteiger partial charge in [0.05, 0.1) is 22.5 Å².